The van der Waals surface area contributed by atoms with Crippen molar-refractivity contribution in [3.63, 3.8) is 0 Å². The summed E-state index contributed by atoms with van der Waals surface area (Å²) in [6.45, 7) is -2.96. The molecule has 0 aromatic heterocycles. The fourth-order valence-electron chi connectivity index (χ4n) is 1.73. The maximum absolute atomic E-state index is 12.1. The number of carbonyl (C=O) groups excluding carboxylic acids is 1. The van der Waals surface area contributed by atoms with Crippen LogP contribution in [-0.2, 0) is 6.42 Å². The Labute approximate surface area is 125 Å². The van der Waals surface area contributed by atoms with Gasteiger partial charge in [0.1, 0.15) is 11.5 Å². The van der Waals surface area contributed by atoms with Gasteiger partial charge in [0.15, 0.2) is 0 Å². The van der Waals surface area contributed by atoms with Crippen LogP contribution in [0.4, 0.5) is 8.78 Å². The van der Waals surface area contributed by atoms with Crippen molar-refractivity contribution in [2.24, 2.45) is 0 Å². The van der Waals surface area contributed by atoms with Crippen molar-refractivity contribution in [3.8, 4) is 17.6 Å². The number of alkyl halides is 2. The van der Waals surface area contributed by atoms with Gasteiger partial charge in [-0.1, -0.05) is 18.2 Å². The number of ether oxygens (including phenoxy) is 2. The Hall–Kier alpha value is -2.94. The molecule has 0 saturated carbocycles. The van der Waals surface area contributed by atoms with E-state index in [4.69, 9.17) is 10.00 Å². The van der Waals surface area contributed by atoms with Gasteiger partial charge in [-0.05, 0) is 35.9 Å². The van der Waals surface area contributed by atoms with Crippen LogP contribution in [0, 0.1) is 11.3 Å². The molecule has 0 bridgehead atoms. The first-order valence-corrected chi connectivity index (χ1v) is 6.31. The molecule has 0 fully saturated rings. The van der Waals surface area contributed by atoms with Crippen molar-refractivity contribution >= 4 is 5.97 Å². The van der Waals surface area contributed by atoms with Crippen LogP contribution in [0.25, 0.3) is 0 Å². The molecule has 4 nitrogen and oxygen atoms in total. The van der Waals surface area contributed by atoms with Gasteiger partial charge in [-0.3, -0.25) is 0 Å². The molecule has 0 radical (unpaired) electrons. The van der Waals surface area contributed by atoms with Crippen LogP contribution in [0.2, 0.25) is 0 Å². The largest absolute Gasteiger partial charge is 0.435 e. The lowest BCUT2D eigenvalue weighted by Gasteiger charge is -2.07. The molecule has 0 N–H and O–H groups in total. The van der Waals surface area contributed by atoms with E-state index in [2.05, 4.69) is 4.74 Å². The molecule has 0 unspecified atom stereocenters. The molecular weight excluding hydrogens is 292 g/mol. The van der Waals surface area contributed by atoms with Crippen molar-refractivity contribution in [3.05, 3.63) is 59.7 Å². The summed E-state index contributed by atoms with van der Waals surface area (Å²) in [5.74, 6) is -0.506. The average molecular weight is 303 g/mol. The SMILES string of the molecule is N#CCc1ccc(OC(=O)c2cccc(OC(F)F)c2)cc1. The summed E-state index contributed by atoms with van der Waals surface area (Å²) in [5, 5.41) is 8.57. The van der Waals surface area contributed by atoms with E-state index in [0.717, 1.165) is 5.56 Å². The Bertz CT molecular complexity index is 693. The van der Waals surface area contributed by atoms with E-state index in [1.165, 1.54) is 24.3 Å². The number of hydrogen-bond donors (Lipinski definition) is 0. The van der Waals surface area contributed by atoms with E-state index in [1.807, 2.05) is 6.07 Å². The second-order valence-electron chi connectivity index (χ2n) is 4.27. The van der Waals surface area contributed by atoms with Gasteiger partial charge < -0.3 is 9.47 Å². The first kappa shape index (κ1) is 15.4. The van der Waals surface area contributed by atoms with Crippen LogP contribution in [0.1, 0.15) is 15.9 Å². The zero-order valence-electron chi connectivity index (χ0n) is 11.3. The fraction of sp³-hybridized carbons (Fsp3) is 0.125. The van der Waals surface area contributed by atoms with Gasteiger partial charge in [-0.2, -0.15) is 14.0 Å². The number of nitriles is 1. The molecule has 0 atom stereocenters. The predicted octanol–water partition coefficient (Wildman–Crippen LogP) is 3.57. The number of nitrogens with zero attached hydrogens (tertiary/aromatic N) is 1. The number of halogens is 2. The van der Waals surface area contributed by atoms with E-state index in [-0.39, 0.29) is 17.7 Å². The molecular formula is C16H11F2NO3. The Kier molecular flexibility index (Phi) is 5.04. The molecule has 22 heavy (non-hydrogen) atoms. The van der Waals surface area contributed by atoms with Gasteiger partial charge in [0.05, 0.1) is 18.1 Å². The van der Waals surface area contributed by atoms with E-state index in [9.17, 15) is 13.6 Å². The van der Waals surface area contributed by atoms with Crippen molar-refractivity contribution in [2.75, 3.05) is 0 Å². The molecule has 0 saturated heterocycles. The third kappa shape index (κ3) is 4.28. The van der Waals surface area contributed by atoms with Crippen LogP contribution in [0.5, 0.6) is 11.5 Å². The van der Waals surface area contributed by atoms with Crippen LogP contribution in [0.3, 0.4) is 0 Å². The second-order valence-corrected chi connectivity index (χ2v) is 4.27. The molecule has 0 aliphatic carbocycles. The molecule has 6 heteroatoms. The normalized spacial score (nSPS) is 10.1. The summed E-state index contributed by atoms with van der Waals surface area (Å²) in [6.07, 6.45) is 0.265. The summed E-state index contributed by atoms with van der Waals surface area (Å²) in [4.78, 5) is 11.9. The number of hydrogen-bond acceptors (Lipinski definition) is 4. The third-order valence-corrected chi connectivity index (χ3v) is 2.71. The van der Waals surface area contributed by atoms with Gasteiger partial charge in [-0.25, -0.2) is 4.79 Å². The van der Waals surface area contributed by atoms with Gasteiger partial charge in [0, 0.05) is 0 Å². The predicted molar refractivity (Wildman–Crippen MR) is 73.8 cm³/mol. The van der Waals surface area contributed by atoms with E-state index >= 15 is 0 Å². The quantitative estimate of drug-likeness (QED) is 0.626. The van der Waals surface area contributed by atoms with E-state index in [0.29, 0.717) is 5.75 Å². The minimum absolute atomic E-state index is 0.0965. The van der Waals surface area contributed by atoms with Crippen molar-refractivity contribution in [1.82, 2.24) is 0 Å². The standard InChI is InChI=1S/C16H11F2NO3/c17-16(18)22-14-3-1-2-12(10-14)15(20)21-13-6-4-11(5-7-13)8-9-19/h1-7,10,16H,8H2. The minimum Gasteiger partial charge on any atom is -0.435 e. The van der Waals surface area contributed by atoms with Crippen molar-refractivity contribution in [2.45, 2.75) is 13.0 Å². The maximum Gasteiger partial charge on any atom is 0.387 e. The summed E-state index contributed by atoms with van der Waals surface area (Å²) in [5.41, 5.74) is 0.897. The van der Waals surface area contributed by atoms with Gasteiger partial charge >= 0.3 is 12.6 Å². The molecule has 0 spiro atoms. The molecule has 0 aliphatic rings. The van der Waals surface area contributed by atoms with Crippen LogP contribution in [-0.4, -0.2) is 12.6 Å². The highest BCUT2D eigenvalue weighted by Gasteiger charge is 2.11. The second kappa shape index (κ2) is 7.18. The summed E-state index contributed by atoms with van der Waals surface area (Å²) in [7, 11) is 0. The third-order valence-electron chi connectivity index (χ3n) is 2.71. The highest BCUT2D eigenvalue weighted by molar-refractivity contribution is 5.91. The highest BCUT2D eigenvalue weighted by Crippen LogP contribution is 2.19. The first-order chi connectivity index (χ1) is 10.6. The van der Waals surface area contributed by atoms with E-state index < -0.39 is 12.6 Å². The zero-order valence-corrected chi connectivity index (χ0v) is 11.3. The number of carbonyl (C=O) groups is 1. The van der Waals surface area contributed by atoms with Crippen molar-refractivity contribution in [1.29, 1.82) is 5.26 Å². The van der Waals surface area contributed by atoms with Crippen LogP contribution >= 0.6 is 0 Å². The van der Waals surface area contributed by atoms with Crippen LogP contribution < -0.4 is 9.47 Å². The van der Waals surface area contributed by atoms with Gasteiger partial charge in [-0.15, -0.1) is 0 Å². The smallest absolute Gasteiger partial charge is 0.387 e. The van der Waals surface area contributed by atoms with Crippen LogP contribution in [0.15, 0.2) is 48.5 Å². The Morgan fingerprint density at radius 1 is 1.14 bits per heavy atom. The van der Waals surface area contributed by atoms with Gasteiger partial charge in [0.25, 0.3) is 0 Å². The molecule has 0 amide bonds. The molecule has 2 rings (SSSR count). The first-order valence-electron chi connectivity index (χ1n) is 6.31. The molecule has 112 valence electrons. The number of rotatable bonds is 5. The molecule has 0 heterocycles. The lowest BCUT2D eigenvalue weighted by atomic mass is 10.1. The number of benzene rings is 2. The van der Waals surface area contributed by atoms with Crippen molar-refractivity contribution < 1.29 is 23.0 Å². The Balaban J connectivity index is 2.07. The summed E-state index contributed by atoms with van der Waals surface area (Å²) < 4.78 is 33.6. The Morgan fingerprint density at radius 3 is 2.50 bits per heavy atom. The topological polar surface area (TPSA) is 59.3 Å². The highest BCUT2D eigenvalue weighted by atomic mass is 19.3. The lowest BCUT2D eigenvalue weighted by molar-refractivity contribution is -0.0499. The lowest BCUT2D eigenvalue weighted by Crippen LogP contribution is -2.09. The summed E-state index contributed by atoms with van der Waals surface area (Å²) in [6, 6.07) is 13.8. The average Bonchev–Trinajstić information content (AvgIpc) is 2.49. The Morgan fingerprint density at radius 2 is 1.86 bits per heavy atom. The molecule has 0 aliphatic heterocycles. The summed E-state index contributed by atoms with van der Waals surface area (Å²) >= 11 is 0. The maximum atomic E-state index is 12.1. The monoisotopic (exact) mass is 303 g/mol. The van der Waals surface area contributed by atoms with E-state index in [1.54, 1.807) is 24.3 Å². The van der Waals surface area contributed by atoms with Gasteiger partial charge in [0.2, 0.25) is 0 Å². The minimum atomic E-state index is -2.96. The zero-order chi connectivity index (χ0) is 15.9. The molecule has 2 aromatic carbocycles. The molecule has 2 aromatic rings. The number of esters is 1. The fourth-order valence-corrected chi connectivity index (χ4v) is 1.73.